The van der Waals surface area contributed by atoms with E-state index >= 15 is 0 Å². The maximum Gasteiger partial charge on any atom is 0.291 e. The largest absolute Gasteiger partial charge is 0.348 e. The molecule has 104 valence electrons. The van der Waals surface area contributed by atoms with Gasteiger partial charge in [-0.1, -0.05) is 6.92 Å². The molecule has 19 heavy (non-hydrogen) atoms. The van der Waals surface area contributed by atoms with Gasteiger partial charge in [-0.15, -0.1) is 5.10 Å². The summed E-state index contributed by atoms with van der Waals surface area (Å²) in [5.74, 6) is 1.48. The molecule has 0 aromatic carbocycles. The van der Waals surface area contributed by atoms with Crippen LogP contribution in [0.15, 0.2) is 0 Å². The van der Waals surface area contributed by atoms with Gasteiger partial charge in [-0.2, -0.15) is 0 Å². The van der Waals surface area contributed by atoms with Crippen LogP contribution in [0.1, 0.15) is 55.0 Å². The van der Waals surface area contributed by atoms with Crippen LogP contribution in [0.25, 0.3) is 0 Å². The van der Waals surface area contributed by atoms with Crippen LogP contribution in [0, 0.1) is 0 Å². The Kier molecular flexibility index (Phi) is 3.50. The highest BCUT2D eigenvalue weighted by Crippen LogP contribution is 2.37. The zero-order valence-corrected chi connectivity index (χ0v) is 11.4. The quantitative estimate of drug-likeness (QED) is 0.827. The van der Waals surface area contributed by atoms with E-state index in [2.05, 4.69) is 32.3 Å². The lowest BCUT2D eigenvalue weighted by Gasteiger charge is -2.22. The molecule has 1 amide bonds. The number of nitrogens with one attached hydrogen (secondary N) is 2. The van der Waals surface area contributed by atoms with Crippen molar-refractivity contribution >= 4 is 5.91 Å². The van der Waals surface area contributed by atoms with E-state index in [0.717, 1.165) is 38.2 Å². The second-order valence-corrected chi connectivity index (χ2v) is 5.45. The fourth-order valence-electron chi connectivity index (χ4n) is 2.75. The first-order chi connectivity index (χ1) is 9.28. The number of H-pyrrole nitrogens is 1. The standard InChI is InChI=1S/C13H21N5O/c1-2-18-7-3-4-10(18)8-14-13(19)12-15-11(16-17-12)9-5-6-9/h9-10H,2-8H2,1H3,(H,14,19)(H,15,16,17). The first-order valence-corrected chi connectivity index (χ1v) is 7.22. The summed E-state index contributed by atoms with van der Waals surface area (Å²) in [7, 11) is 0. The van der Waals surface area contributed by atoms with Crippen molar-refractivity contribution in [2.45, 2.75) is 44.6 Å². The van der Waals surface area contributed by atoms with Crippen LogP contribution in [0.2, 0.25) is 0 Å². The number of nitrogens with zero attached hydrogens (tertiary/aromatic N) is 3. The number of amides is 1. The Morgan fingerprint density at radius 1 is 1.47 bits per heavy atom. The third-order valence-corrected chi connectivity index (χ3v) is 4.07. The van der Waals surface area contributed by atoms with Gasteiger partial charge in [-0.25, -0.2) is 4.98 Å². The Morgan fingerprint density at radius 2 is 2.32 bits per heavy atom. The first kappa shape index (κ1) is 12.6. The van der Waals surface area contributed by atoms with Gasteiger partial charge >= 0.3 is 0 Å². The van der Waals surface area contributed by atoms with E-state index < -0.39 is 0 Å². The second-order valence-electron chi connectivity index (χ2n) is 5.45. The summed E-state index contributed by atoms with van der Waals surface area (Å²) in [6.07, 6.45) is 4.70. The number of aromatic amines is 1. The Balaban J connectivity index is 1.52. The van der Waals surface area contributed by atoms with Crippen molar-refractivity contribution in [2.75, 3.05) is 19.6 Å². The van der Waals surface area contributed by atoms with Crippen molar-refractivity contribution in [1.29, 1.82) is 0 Å². The van der Waals surface area contributed by atoms with Gasteiger partial charge in [0.05, 0.1) is 0 Å². The van der Waals surface area contributed by atoms with Gasteiger partial charge in [0.25, 0.3) is 5.91 Å². The number of hydrogen-bond donors (Lipinski definition) is 2. The molecular formula is C13H21N5O. The maximum absolute atomic E-state index is 12.0. The number of carbonyl (C=O) groups is 1. The van der Waals surface area contributed by atoms with E-state index in [0.29, 0.717) is 18.5 Å². The summed E-state index contributed by atoms with van der Waals surface area (Å²) in [6, 6.07) is 0.468. The van der Waals surface area contributed by atoms with Gasteiger partial charge in [0.15, 0.2) is 0 Å². The number of hydrogen-bond acceptors (Lipinski definition) is 4. The van der Waals surface area contributed by atoms with Gasteiger partial charge in [-0.3, -0.25) is 14.8 Å². The van der Waals surface area contributed by atoms with Crippen LogP contribution >= 0.6 is 0 Å². The Hall–Kier alpha value is -1.43. The molecule has 6 nitrogen and oxygen atoms in total. The van der Waals surface area contributed by atoms with Crippen LogP contribution in [0.5, 0.6) is 0 Å². The molecule has 1 saturated carbocycles. The average molecular weight is 263 g/mol. The zero-order valence-electron chi connectivity index (χ0n) is 11.4. The molecule has 0 radical (unpaired) electrons. The normalized spacial score (nSPS) is 23.7. The molecule has 1 unspecified atom stereocenters. The van der Waals surface area contributed by atoms with Gasteiger partial charge in [0.2, 0.25) is 5.82 Å². The minimum Gasteiger partial charge on any atom is -0.348 e. The van der Waals surface area contributed by atoms with Crippen molar-refractivity contribution in [2.24, 2.45) is 0 Å². The van der Waals surface area contributed by atoms with Crippen molar-refractivity contribution < 1.29 is 4.79 Å². The Bertz CT molecular complexity index is 454. The molecular weight excluding hydrogens is 242 g/mol. The predicted octanol–water partition coefficient (Wildman–Crippen LogP) is 0.896. The molecule has 2 aliphatic rings. The molecule has 0 spiro atoms. The van der Waals surface area contributed by atoms with E-state index in [4.69, 9.17) is 0 Å². The Morgan fingerprint density at radius 3 is 3.05 bits per heavy atom. The van der Waals surface area contributed by atoms with Gasteiger partial charge in [0.1, 0.15) is 5.82 Å². The Labute approximate surface area is 113 Å². The van der Waals surface area contributed by atoms with Crippen LogP contribution in [0.3, 0.4) is 0 Å². The van der Waals surface area contributed by atoms with E-state index in [1.54, 1.807) is 0 Å². The van der Waals surface area contributed by atoms with Crippen LogP contribution in [0.4, 0.5) is 0 Å². The molecule has 1 saturated heterocycles. The van der Waals surface area contributed by atoms with Crippen molar-refractivity contribution in [3.8, 4) is 0 Å². The average Bonchev–Trinajstić information content (AvgIpc) is 3.00. The molecule has 1 aromatic heterocycles. The highest BCUT2D eigenvalue weighted by atomic mass is 16.2. The third kappa shape index (κ3) is 2.78. The second kappa shape index (κ2) is 5.28. The molecule has 1 aromatic rings. The lowest BCUT2D eigenvalue weighted by atomic mass is 10.2. The summed E-state index contributed by atoms with van der Waals surface area (Å²) in [4.78, 5) is 18.7. The van der Waals surface area contributed by atoms with Gasteiger partial charge in [0, 0.05) is 18.5 Å². The molecule has 1 aliphatic heterocycles. The topological polar surface area (TPSA) is 73.9 Å². The number of carbonyl (C=O) groups excluding carboxylic acids is 1. The number of rotatable bonds is 5. The first-order valence-electron chi connectivity index (χ1n) is 7.22. The van der Waals surface area contributed by atoms with Crippen molar-refractivity contribution in [3.05, 3.63) is 11.6 Å². The number of likely N-dealkylation sites (tertiary alicyclic amines) is 1. The molecule has 6 heteroatoms. The monoisotopic (exact) mass is 263 g/mol. The molecule has 0 bridgehead atoms. The molecule has 3 rings (SSSR count). The number of likely N-dealkylation sites (N-methyl/N-ethyl adjacent to an activating group) is 1. The smallest absolute Gasteiger partial charge is 0.291 e. The van der Waals surface area contributed by atoms with E-state index in [-0.39, 0.29) is 11.7 Å². The summed E-state index contributed by atoms with van der Waals surface area (Å²) < 4.78 is 0. The summed E-state index contributed by atoms with van der Waals surface area (Å²) in [5.41, 5.74) is 0. The van der Waals surface area contributed by atoms with E-state index in [1.165, 1.54) is 6.42 Å². The minimum atomic E-state index is -0.161. The molecule has 2 fully saturated rings. The highest BCUT2D eigenvalue weighted by molar-refractivity contribution is 5.90. The predicted molar refractivity (Wildman–Crippen MR) is 71.0 cm³/mol. The lowest BCUT2D eigenvalue weighted by molar-refractivity contribution is 0.0931. The molecule has 1 aliphatic carbocycles. The lowest BCUT2D eigenvalue weighted by Crippen LogP contribution is -2.40. The van der Waals surface area contributed by atoms with E-state index in [9.17, 15) is 4.79 Å². The molecule has 2 heterocycles. The fourth-order valence-corrected chi connectivity index (χ4v) is 2.75. The summed E-state index contributed by atoms with van der Waals surface area (Å²) in [5, 5.41) is 9.82. The zero-order chi connectivity index (χ0) is 13.2. The maximum atomic E-state index is 12.0. The van der Waals surface area contributed by atoms with Gasteiger partial charge < -0.3 is 5.32 Å². The van der Waals surface area contributed by atoms with Crippen LogP contribution < -0.4 is 5.32 Å². The minimum absolute atomic E-state index is 0.161. The third-order valence-electron chi connectivity index (χ3n) is 4.07. The van der Waals surface area contributed by atoms with Crippen LogP contribution in [-0.4, -0.2) is 51.7 Å². The summed E-state index contributed by atoms with van der Waals surface area (Å²) in [6.45, 7) is 5.05. The summed E-state index contributed by atoms with van der Waals surface area (Å²) >= 11 is 0. The van der Waals surface area contributed by atoms with E-state index in [1.807, 2.05) is 0 Å². The fraction of sp³-hybridized carbons (Fsp3) is 0.769. The molecule has 1 atom stereocenters. The SMILES string of the molecule is CCN1CCCC1CNC(=O)c1n[nH]c(C2CC2)n1. The highest BCUT2D eigenvalue weighted by Gasteiger charge is 2.28. The number of aromatic nitrogens is 3. The van der Waals surface area contributed by atoms with Crippen LogP contribution in [-0.2, 0) is 0 Å². The van der Waals surface area contributed by atoms with Crippen molar-refractivity contribution in [3.63, 3.8) is 0 Å². The molecule has 2 N–H and O–H groups in total. The van der Waals surface area contributed by atoms with Gasteiger partial charge in [-0.05, 0) is 38.8 Å². The van der Waals surface area contributed by atoms with Crippen molar-refractivity contribution in [1.82, 2.24) is 25.4 Å².